The third-order valence-corrected chi connectivity index (χ3v) is 2.88. The highest BCUT2D eigenvalue weighted by atomic mass is 32.2. The lowest BCUT2D eigenvalue weighted by atomic mass is 10.2. The fourth-order valence-corrected chi connectivity index (χ4v) is 1.82. The number of benzene rings is 1. The van der Waals surface area contributed by atoms with Crippen LogP contribution < -0.4 is 4.74 Å². The van der Waals surface area contributed by atoms with Gasteiger partial charge in [0, 0.05) is 9.82 Å². The molecule has 1 aromatic rings. The van der Waals surface area contributed by atoms with Crippen LogP contribution in [0.5, 0.6) is 5.75 Å². The standard InChI is InChI=1S/C12H14N6O6S/c13-17-15-4-5-22-12(19)11(7-16-18-14)24-10-3-1-2-9(6-10)8-23-25(20)21/h1-3,6,11H,4-5,7-8H2,(H,20,21)/p-1. The van der Waals surface area contributed by atoms with Crippen molar-refractivity contribution in [3.63, 3.8) is 0 Å². The summed E-state index contributed by atoms with van der Waals surface area (Å²) in [7, 11) is 0. The second-order valence-corrected chi connectivity index (χ2v) is 4.90. The summed E-state index contributed by atoms with van der Waals surface area (Å²) in [5, 5.41) is 6.49. The van der Waals surface area contributed by atoms with Gasteiger partial charge in [0.15, 0.2) is 0 Å². The zero-order valence-electron chi connectivity index (χ0n) is 12.8. The predicted octanol–water partition coefficient (Wildman–Crippen LogP) is 1.91. The summed E-state index contributed by atoms with van der Waals surface area (Å²) in [6.07, 6.45) is -1.22. The van der Waals surface area contributed by atoms with Gasteiger partial charge in [-0.05, 0) is 28.8 Å². The molecule has 0 radical (unpaired) electrons. The molecule has 0 aliphatic heterocycles. The molecular weight excluding hydrogens is 356 g/mol. The third kappa shape index (κ3) is 8.55. The molecule has 0 heterocycles. The lowest BCUT2D eigenvalue weighted by molar-refractivity contribution is -0.151. The molecule has 25 heavy (non-hydrogen) atoms. The summed E-state index contributed by atoms with van der Waals surface area (Å²) in [4.78, 5) is 17.0. The molecule has 2 unspecified atom stereocenters. The van der Waals surface area contributed by atoms with Crippen molar-refractivity contribution in [3.8, 4) is 5.75 Å². The number of carbonyl (C=O) groups excluding carboxylic acids is 1. The van der Waals surface area contributed by atoms with Crippen LogP contribution in [0.2, 0.25) is 0 Å². The Hall–Kier alpha value is -2.82. The zero-order valence-corrected chi connectivity index (χ0v) is 13.6. The molecule has 1 aromatic carbocycles. The number of ether oxygens (including phenoxy) is 2. The summed E-state index contributed by atoms with van der Waals surface area (Å²) in [6.45, 7) is -0.717. The van der Waals surface area contributed by atoms with E-state index < -0.39 is 23.4 Å². The lowest BCUT2D eigenvalue weighted by Crippen LogP contribution is -2.32. The Morgan fingerprint density at radius 1 is 1.32 bits per heavy atom. The van der Waals surface area contributed by atoms with Crippen LogP contribution in [0.1, 0.15) is 5.56 Å². The van der Waals surface area contributed by atoms with E-state index in [2.05, 4.69) is 24.2 Å². The molecule has 13 heteroatoms. The molecule has 0 fully saturated rings. The molecule has 0 saturated heterocycles. The van der Waals surface area contributed by atoms with Gasteiger partial charge in [-0.1, -0.05) is 22.4 Å². The highest BCUT2D eigenvalue weighted by molar-refractivity contribution is 7.74. The van der Waals surface area contributed by atoms with Gasteiger partial charge < -0.3 is 14.0 Å². The van der Waals surface area contributed by atoms with Crippen LogP contribution in [0.15, 0.2) is 34.5 Å². The van der Waals surface area contributed by atoms with E-state index in [0.29, 0.717) is 5.56 Å². The topological polar surface area (TPSA) is 182 Å². The summed E-state index contributed by atoms with van der Waals surface area (Å²) < 4.78 is 35.5. The fourth-order valence-electron chi connectivity index (χ4n) is 1.58. The van der Waals surface area contributed by atoms with E-state index in [1.54, 1.807) is 12.1 Å². The maximum Gasteiger partial charge on any atom is 0.347 e. The lowest BCUT2D eigenvalue weighted by Gasteiger charge is -2.16. The highest BCUT2D eigenvalue weighted by Gasteiger charge is 2.21. The number of carbonyl (C=O) groups is 1. The maximum absolute atomic E-state index is 11.9. The summed E-state index contributed by atoms with van der Waals surface area (Å²) in [5.41, 5.74) is 17.0. The quantitative estimate of drug-likeness (QED) is 0.143. The molecule has 0 aliphatic carbocycles. The van der Waals surface area contributed by atoms with E-state index in [0.717, 1.165) is 0 Å². The number of hydrogen-bond donors (Lipinski definition) is 0. The summed E-state index contributed by atoms with van der Waals surface area (Å²) in [6, 6.07) is 6.15. The first kappa shape index (κ1) is 20.2. The van der Waals surface area contributed by atoms with Gasteiger partial charge in [-0.15, -0.1) is 0 Å². The minimum atomic E-state index is -2.66. The van der Waals surface area contributed by atoms with Crippen molar-refractivity contribution in [2.24, 2.45) is 10.2 Å². The van der Waals surface area contributed by atoms with Gasteiger partial charge in [-0.25, -0.2) is 9.00 Å². The van der Waals surface area contributed by atoms with Gasteiger partial charge >= 0.3 is 5.97 Å². The Morgan fingerprint density at radius 3 is 2.76 bits per heavy atom. The van der Waals surface area contributed by atoms with E-state index in [9.17, 15) is 13.6 Å². The Balaban J connectivity index is 2.74. The molecule has 0 amide bonds. The Labute approximate surface area is 144 Å². The number of rotatable bonds is 11. The van der Waals surface area contributed by atoms with Gasteiger partial charge in [-0.2, -0.15) is 0 Å². The molecule has 12 nitrogen and oxygen atoms in total. The second kappa shape index (κ2) is 11.7. The van der Waals surface area contributed by atoms with Crippen LogP contribution in [-0.4, -0.2) is 40.5 Å². The smallest absolute Gasteiger partial charge is 0.347 e. The molecular formula is C12H13N6O6S-. The Morgan fingerprint density at radius 2 is 2.08 bits per heavy atom. The average Bonchev–Trinajstić information content (AvgIpc) is 2.60. The number of esters is 1. The van der Waals surface area contributed by atoms with Crippen molar-refractivity contribution in [1.29, 1.82) is 0 Å². The minimum absolute atomic E-state index is 0.0460. The van der Waals surface area contributed by atoms with E-state index in [-0.39, 0.29) is 32.1 Å². The van der Waals surface area contributed by atoms with Crippen molar-refractivity contribution in [2.75, 3.05) is 19.7 Å². The van der Waals surface area contributed by atoms with Gasteiger partial charge in [0.25, 0.3) is 0 Å². The van der Waals surface area contributed by atoms with E-state index in [1.165, 1.54) is 12.1 Å². The average molecular weight is 369 g/mol. The predicted molar refractivity (Wildman–Crippen MR) is 83.6 cm³/mol. The fraction of sp³-hybridized carbons (Fsp3) is 0.417. The van der Waals surface area contributed by atoms with E-state index in [1.807, 2.05) is 0 Å². The molecule has 0 saturated carbocycles. The highest BCUT2D eigenvalue weighted by Crippen LogP contribution is 2.17. The van der Waals surface area contributed by atoms with Crippen LogP contribution in [0.4, 0.5) is 0 Å². The molecule has 0 N–H and O–H groups in total. The number of azide groups is 2. The third-order valence-electron chi connectivity index (χ3n) is 2.57. The second-order valence-electron chi connectivity index (χ2n) is 4.26. The molecule has 1 rings (SSSR count). The van der Waals surface area contributed by atoms with Crippen LogP contribution in [0.25, 0.3) is 20.9 Å². The van der Waals surface area contributed by atoms with Crippen molar-refractivity contribution < 1.29 is 27.2 Å². The normalized spacial score (nSPS) is 12.2. The maximum atomic E-state index is 11.9. The van der Waals surface area contributed by atoms with E-state index >= 15 is 0 Å². The zero-order chi connectivity index (χ0) is 18.5. The Bertz CT molecular complexity index is 703. The van der Waals surface area contributed by atoms with Crippen LogP contribution in [0, 0.1) is 0 Å². The number of nitrogens with zero attached hydrogens (tertiary/aromatic N) is 6. The van der Waals surface area contributed by atoms with Gasteiger partial charge in [0.2, 0.25) is 6.10 Å². The monoisotopic (exact) mass is 369 g/mol. The van der Waals surface area contributed by atoms with Crippen LogP contribution in [0.3, 0.4) is 0 Å². The SMILES string of the molecule is [N-]=[N+]=NCCOC(=O)C(CN=[N+]=[N-])Oc1cccc(COS(=O)[O-])c1. The van der Waals surface area contributed by atoms with Crippen molar-refractivity contribution in [1.82, 2.24) is 0 Å². The molecule has 0 bridgehead atoms. The van der Waals surface area contributed by atoms with E-state index in [4.69, 9.17) is 20.5 Å². The largest absolute Gasteiger partial charge is 0.750 e. The first-order valence-corrected chi connectivity index (χ1v) is 7.73. The van der Waals surface area contributed by atoms with Gasteiger partial charge in [0.05, 0.1) is 37.7 Å². The van der Waals surface area contributed by atoms with Crippen LogP contribution in [-0.2, 0) is 31.7 Å². The van der Waals surface area contributed by atoms with Gasteiger partial charge in [0.1, 0.15) is 5.75 Å². The molecule has 134 valence electrons. The van der Waals surface area contributed by atoms with Crippen LogP contribution >= 0.6 is 0 Å². The number of hydrogen-bond acceptors (Lipinski definition) is 8. The molecule has 0 spiro atoms. The van der Waals surface area contributed by atoms with Crippen molar-refractivity contribution in [2.45, 2.75) is 12.7 Å². The minimum Gasteiger partial charge on any atom is -0.750 e. The molecule has 0 aliphatic rings. The molecule has 2 atom stereocenters. The Kier molecular flexibility index (Phi) is 9.45. The first-order chi connectivity index (χ1) is 12.1. The molecule has 0 aromatic heterocycles. The van der Waals surface area contributed by atoms with Crippen molar-refractivity contribution in [3.05, 3.63) is 50.7 Å². The van der Waals surface area contributed by atoms with Crippen molar-refractivity contribution >= 4 is 17.3 Å². The summed E-state index contributed by atoms with van der Waals surface area (Å²) in [5.74, 6) is -0.578. The first-order valence-electron chi connectivity index (χ1n) is 6.73. The van der Waals surface area contributed by atoms with Gasteiger partial charge in [-0.3, -0.25) is 4.18 Å². The summed E-state index contributed by atoms with van der Waals surface area (Å²) >= 11 is -2.66.